The maximum Gasteiger partial charge on any atom is 0.241 e. The number of methoxy groups -OCH3 is 1. The van der Waals surface area contributed by atoms with Gasteiger partial charge in [-0.05, 0) is 43.4 Å². The third-order valence-corrected chi connectivity index (χ3v) is 3.98. The molecule has 0 aliphatic rings. The van der Waals surface area contributed by atoms with Gasteiger partial charge < -0.3 is 14.6 Å². The molecule has 140 valence electrons. The average Bonchev–Trinajstić information content (AvgIpc) is 3.10. The number of nitrogens with one attached hydrogen (secondary N) is 1. The summed E-state index contributed by atoms with van der Waals surface area (Å²) in [7, 11) is 3.40. The molecule has 0 radical (unpaired) electrons. The van der Waals surface area contributed by atoms with Gasteiger partial charge in [-0.2, -0.15) is 4.98 Å². The quantitative estimate of drug-likeness (QED) is 0.669. The maximum absolute atomic E-state index is 12.2. The van der Waals surface area contributed by atoms with Gasteiger partial charge >= 0.3 is 0 Å². The summed E-state index contributed by atoms with van der Waals surface area (Å²) in [5, 5.41) is 7.39. The van der Waals surface area contributed by atoms with E-state index in [1.807, 2.05) is 12.1 Å². The molecule has 0 saturated heterocycles. The van der Waals surface area contributed by atoms with Crippen LogP contribution in [0.15, 0.2) is 53.1 Å². The molecular weight excluding hydrogens is 368 g/mol. The number of nitrogens with zero attached hydrogens (tertiary/aromatic N) is 3. The van der Waals surface area contributed by atoms with Gasteiger partial charge in [0.2, 0.25) is 17.6 Å². The van der Waals surface area contributed by atoms with Gasteiger partial charge in [0, 0.05) is 16.3 Å². The van der Waals surface area contributed by atoms with Crippen LogP contribution in [0, 0.1) is 0 Å². The number of aromatic nitrogens is 2. The van der Waals surface area contributed by atoms with Crippen LogP contribution in [0.5, 0.6) is 5.75 Å². The first kappa shape index (κ1) is 18.9. The van der Waals surface area contributed by atoms with Crippen LogP contribution in [0.4, 0.5) is 5.69 Å². The number of halogens is 1. The summed E-state index contributed by atoms with van der Waals surface area (Å²) in [5.41, 5.74) is 1.48. The van der Waals surface area contributed by atoms with Crippen molar-refractivity contribution in [2.45, 2.75) is 6.54 Å². The Morgan fingerprint density at radius 1 is 1.26 bits per heavy atom. The van der Waals surface area contributed by atoms with E-state index in [9.17, 15) is 4.79 Å². The minimum Gasteiger partial charge on any atom is -0.497 e. The normalized spacial score (nSPS) is 10.8. The van der Waals surface area contributed by atoms with Gasteiger partial charge in [-0.1, -0.05) is 28.9 Å². The smallest absolute Gasteiger partial charge is 0.241 e. The standard InChI is InChI=1S/C19H19ClN4O3/c1-24(11-17(25)21-15-6-8-16(26-2)9-7-15)12-18-22-19(23-27-18)13-4-3-5-14(20)10-13/h3-10H,11-12H2,1-2H3,(H,21,25). The number of carbonyl (C=O) groups is 1. The van der Waals surface area contributed by atoms with Gasteiger partial charge in [-0.15, -0.1) is 0 Å². The summed E-state index contributed by atoms with van der Waals surface area (Å²) in [5.74, 6) is 1.47. The number of rotatable bonds is 7. The van der Waals surface area contributed by atoms with Crippen molar-refractivity contribution in [3.05, 3.63) is 59.4 Å². The lowest BCUT2D eigenvalue weighted by molar-refractivity contribution is -0.117. The zero-order valence-corrected chi connectivity index (χ0v) is 15.7. The molecule has 1 aromatic heterocycles. The highest BCUT2D eigenvalue weighted by Gasteiger charge is 2.13. The van der Waals surface area contributed by atoms with Crippen molar-refractivity contribution < 1.29 is 14.1 Å². The van der Waals surface area contributed by atoms with E-state index in [0.29, 0.717) is 29.0 Å². The Balaban J connectivity index is 1.54. The Morgan fingerprint density at radius 3 is 2.74 bits per heavy atom. The summed E-state index contributed by atoms with van der Waals surface area (Å²) in [4.78, 5) is 18.3. The van der Waals surface area contributed by atoms with Gasteiger partial charge in [0.05, 0.1) is 20.2 Å². The van der Waals surface area contributed by atoms with Crippen LogP contribution in [0.1, 0.15) is 5.89 Å². The molecule has 7 nitrogen and oxygen atoms in total. The number of carbonyl (C=O) groups excluding carboxylic acids is 1. The number of hydrogen-bond donors (Lipinski definition) is 1. The minimum absolute atomic E-state index is 0.141. The molecule has 2 aromatic carbocycles. The maximum atomic E-state index is 12.2. The van der Waals surface area contributed by atoms with E-state index in [0.717, 1.165) is 11.3 Å². The highest BCUT2D eigenvalue weighted by molar-refractivity contribution is 6.30. The van der Waals surface area contributed by atoms with Crippen molar-refractivity contribution in [3.63, 3.8) is 0 Å². The predicted octanol–water partition coefficient (Wildman–Crippen LogP) is 3.47. The van der Waals surface area contributed by atoms with Gasteiger partial charge in [0.25, 0.3) is 0 Å². The van der Waals surface area contributed by atoms with E-state index in [-0.39, 0.29) is 12.5 Å². The number of amides is 1. The molecule has 0 aliphatic heterocycles. The molecule has 0 fully saturated rings. The first-order chi connectivity index (χ1) is 13.0. The fourth-order valence-electron chi connectivity index (χ4n) is 2.47. The molecule has 0 spiro atoms. The van der Waals surface area contributed by atoms with Crippen LogP contribution in [-0.4, -0.2) is 41.6 Å². The summed E-state index contributed by atoms with van der Waals surface area (Å²) >= 11 is 5.98. The Morgan fingerprint density at radius 2 is 2.04 bits per heavy atom. The third kappa shape index (κ3) is 5.29. The van der Waals surface area contributed by atoms with E-state index >= 15 is 0 Å². The Bertz CT molecular complexity index is 911. The van der Waals surface area contributed by atoms with E-state index in [1.165, 1.54) is 0 Å². The highest BCUT2D eigenvalue weighted by atomic mass is 35.5. The fourth-order valence-corrected chi connectivity index (χ4v) is 2.66. The number of ether oxygens (including phenoxy) is 1. The first-order valence-corrected chi connectivity index (χ1v) is 8.62. The summed E-state index contributed by atoms with van der Waals surface area (Å²) in [6.45, 7) is 0.532. The SMILES string of the molecule is COc1ccc(NC(=O)CN(C)Cc2nc(-c3cccc(Cl)c3)no2)cc1. The molecule has 3 rings (SSSR count). The molecule has 1 heterocycles. The molecule has 1 N–H and O–H groups in total. The van der Waals surface area contributed by atoms with E-state index in [4.69, 9.17) is 20.9 Å². The van der Waals surface area contributed by atoms with Crippen molar-refractivity contribution in [2.75, 3.05) is 26.0 Å². The molecule has 0 atom stereocenters. The van der Waals surface area contributed by atoms with Crippen molar-refractivity contribution >= 4 is 23.2 Å². The van der Waals surface area contributed by atoms with Crippen LogP contribution in [0.25, 0.3) is 11.4 Å². The fraction of sp³-hybridized carbons (Fsp3) is 0.211. The number of likely N-dealkylation sites (N-methyl/N-ethyl adjacent to an activating group) is 1. The van der Waals surface area contributed by atoms with Gasteiger partial charge in [0.1, 0.15) is 5.75 Å². The zero-order valence-electron chi connectivity index (χ0n) is 15.0. The molecule has 27 heavy (non-hydrogen) atoms. The second kappa shape index (κ2) is 8.66. The highest BCUT2D eigenvalue weighted by Crippen LogP contribution is 2.20. The van der Waals surface area contributed by atoms with E-state index in [1.54, 1.807) is 55.5 Å². The summed E-state index contributed by atoms with van der Waals surface area (Å²) < 4.78 is 10.4. The Hall–Kier alpha value is -2.90. The lowest BCUT2D eigenvalue weighted by atomic mass is 10.2. The third-order valence-electron chi connectivity index (χ3n) is 3.74. The lowest BCUT2D eigenvalue weighted by Gasteiger charge is -2.14. The molecule has 0 saturated carbocycles. The molecule has 8 heteroatoms. The number of anilines is 1. The van der Waals surface area contributed by atoms with Gasteiger partial charge in [-0.25, -0.2) is 0 Å². The van der Waals surface area contributed by atoms with Crippen LogP contribution in [0.2, 0.25) is 5.02 Å². The Labute approximate surface area is 161 Å². The van der Waals surface area contributed by atoms with E-state index in [2.05, 4.69) is 15.5 Å². The molecule has 0 bridgehead atoms. The van der Waals surface area contributed by atoms with Crippen LogP contribution >= 0.6 is 11.6 Å². The molecular formula is C19H19ClN4O3. The van der Waals surface area contributed by atoms with Crippen molar-refractivity contribution in [1.82, 2.24) is 15.0 Å². The largest absolute Gasteiger partial charge is 0.497 e. The zero-order chi connectivity index (χ0) is 19.2. The van der Waals surface area contributed by atoms with Crippen LogP contribution < -0.4 is 10.1 Å². The van der Waals surface area contributed by atoms with E-state index < -0.39 is 0 Å². The van der Waals surface area contributed by atoms with Crippen molar-refractivity contribution in [1.29, 1.82) is 0 Å². The van der Waals surface area contributed by atoms with Crippen LogP contribution in [-0.2, 0) is 11.3 Å². The minimum atomic E-state index is -0.141. The number of benzene rings is 2. The summed E-state index contributed by atoms with van der Waals surface area (Å²) in [6.07, 6.45) is 0. The van der Waals surface area contributed by atoms with Crippen molar-refractivity contribution in [3.8, 4) is 17.1 Å². The topological polar surface area (TPSA) is 80.5 Å². The van der Waals surface area contributed by atoms with Crippen molar-refractivity contribution in [2.24, 2.45) is 0 Å². The monoisotopic (exact) mass is 386 g/mol. The Kier molecular flexibility index (Phi) is 6.05. The molecule has 3 aromatic rings. The second-order valence-corrected chi connectivity index (χ2v) is 6.41. The molecule has 0 unspecified atom stereocenters. The lowest BCUT2D eigenvalue weighted by Crippen LogP contribution is -2.29. The first-order valence-electron chi connectivity index (χ1n) is 8.24. The molecule has 0 aliphatic carbocycles. The second-order valence-electron chi connectivity index (χ2n) is 5.97. The number of hydrogen-bond acceptors (Lipinski definition) is 6. The van der Waals surface area contributed by atoms with Crippen LogP contribution in [0.3, 0.4) is 0 Å². The average molecular weight is 387 g/mol. The predicted molar refractivity (Wildman–Crippen MR) is 103 cm³/mol. The molecule has 1 amide bonds. The van der Waals surface area contributed by atoms with Gasteiger partial charge in [-0.3, -0.25) is 9.69 Å². The van der Waals surface area contributed by atoms with Gasteiger partial charge in [0.15, 0.2) is 0 Å². The summed E-state index contributed by atoms with van der Waals surface area (Å²) in [6, 6.07) is 14.4.